The summed E-state index contributed by atoms with van der Waals surface area (Å²) in [5.41, 5.74) is 2.33. The predicted molar refractivity (Wildman–Crippen MR) is 112 cm³/mol. The molecule has 3 heterocycles. The van der Waals surface area contributed by atoms with Crippen LogP contribution >= 0.6 is 11.8 Å². The van der Waals surface area contributed by atoms with E-state index in [1.165, 1.54) is 10.6 Å². The van der Waals surface area contributed by atoms with E-state index in [2.05, 4.69) is 53.9 Å². The van der Waals surface area contributed by atoms with E-state index in [0.717, 1.165) is 42.6 Å². The van der Waals surface area contributed by atoms with Crippen LogP contribution in [0.5, 0.6) is 5.75 Å². The summed E-state index contributed by atoms with van der Waals surface area (Å²) in [6, 6.07) is 8.18. The average molecular weight is 508 g/mol. The molecule has 6 heteroatoms. The van der Waals surface area contributed by atoms with Gasteiger partial charge in [0.1, 0.15) is 6.54 Å². The fourth-order valence-corrected chi connectivity index (χ4v) is 4.40. The van der Waals surface area contributed by atoms with Gasteiger partial charge in [-0.15, -0.1) is 0 Å². The molecule has 1 aromatic carbocycles. The van der Waals surface area contributed by atoms with E-state index in [4.69, 9.17) is 9.47 Å². The Morgan fingerprint density at radius 1 is 1.25 bits per heavy atom. The molecule has 0 saturated carbocycles. The summed E-state index contributed by atoms with van der Waals surface area (Å²) in [6.45, 7) is 8.26. The number of halogens is 1. The highest BCUT2D eigenvalue weighted by molar-refractivity contribution is 8.16. The summed E-state index contributed by atoms with van der Waals surface area (Å²) in [4.78, 5) is 2.21. The molecule has 3 aliphatic heterocycles. The van der Waals surface area contributed by atoms with Crippen LogP contribution in [0.4, 0.5) is 5.69 Å². The van der Waals surface area contributed by atoms with E-state index < -0.39 is 0 Å². The number of hydrogen-bond acceptors (Lipinski definition) is 4. The zero-order chi connectivity index (χ0) is 18.8. The van der Waals surface area contributed by atoms with Crippen molar-refractivity contribution >= 4 is 22.5 Å². The van der Waals surface area contributed by atoms with Gasteiger partial charge in [-0.05, 0) is 61.2 Å². The number of likely N-dealkylation sites (N-methyl/N-ethyl adjacent to an activating group) is 1. The molecule has 0 radical (unpaired) electrons. The van der Waals surface area contributed by atoms with Crippen molar-refractivity contribution in [1.82, 2.24) is 0 Å². The first-order chi connectivity index (χ1) is 13.2. The number of anilines is 1. The summed E-state index contributed by atoms with van der Waals surface area (Å²) < 4.78 is 14.6. The Labute approximate surface area is 188 Å². The van der Waals surface area contributed by atoms with Gasteiger partial charge in [-0.2, -0.15) is 4.58 Å². The van der Waals surface area contributed by atoms with E-state index in [1.54, 1.807) is 11.8 Å². The minimum Gasteiger partial charge on any atom is -1.00 e. The molecule has 3 aliphatic rings. The standard InChI is InChI=1S/C22H25N2O2S.HI/c1-4-16(14-20-23(5-2)17-10-7-8-11-18(17)25-20)15-21-24(6-3)22-19(26-21)12-9-13-27-22;/h7-15,21H,4-6H2,1-3H3;1H/q+1;/p-1. The molecule has 1 aromatic rings. The van der Waals surface area contributed by atoms with Crippen LogP contribution in [0.3, 0.4) is 0 Å². The summed E-state index contributed by atoms with van der Waals surface area (Å²) in [6.07, 6.45) is 9.28. The molecule has 1 unspecified atom stereocenters. The van der Waals surface area contributed by atoms with Crippen molar-refractivity contribution in [3.05, 3.63) is 71.2 Å². The van der Waals surface area contributed by atoms with Gasteiger partial charge >= 0.3 is 6.23 Å². The number of nitrogens with zero attached hydrogens (tertiary/aromatic N) is 2. The third-order valence-corrected chi connectivity index (χ3v) is 5.85. The number of fused-ring (bicyclic) bond motifs is 2. The Bertz CT molecular complexity index is 902. The maximum absolute atomic E-state index is 6.20. The smallest absolute Gasteiger partial charge is 0.318 e. The van der Waals surface area contributed by atoms with Crippen molar-refractivity contribution in [2.75, 3.05) is 18.0 Å². The lowest BCUT2D eigenvalue weighted by Gasteiger charge is -2.16. The summed E-state index contributed by atoms with van der Waals surface area (Å²) in [5.74, 6) is 2.77. The first-order valence-electron chi connectivity index (χ1n) is 9.56. The van der Waals surface area contributed by atoms with E-state index >= 15 is 0 Å². The van der Waals surface area contributed by atoms with E-state index in [9.17, 15) is 0 Å². The second-order valence-corrected chi connectivity index (χ2v) is 7.36. The van der Waals surface area contributed by atoms with Gasteiger partial charge < -0.3 is 38.4 Å². The van der Waals surface area contributed by atoms with Crippen LogP contribution in [-0.4, -0.2) is 28.9 Å². The van der Waals surface area contributed by atoms with Crippen LogP contribution in [0.2, 0.25) is 0 Å². The normalized spacial score (nSPS) is 21.8. The average Bonchev–Trinajstić information content (AvgIpc) is 3.23. The van der Waals surface area contributed by atoms with Gasteiger partial charge in [-0.25, -0.2) is 0 Å². The second-order valence-electron chi connectivity index (χ2n) is 6.47. The Morgan fingerprint density at radius 2 is 2.07 bits per heavy atom. The fourth-order valence-electron chi connectivity index (χ4n) is 3.51. The van der Waals surface area contributed by atoms with E-state index in [0.29, 0.717) is 0 Å². The topological polar surface area (TPSA) is 24.7 Å². The Morgan fingerprint density at radius 3 is 2.82 bits per heavy atom. The van der Waals surface area contributed by atoms with Crippen LogP contribution in [0.15, 0.2) is 71.2 Å². The lowest BCUT2D eigenvalue weighted by atomic mass is 10.1. The lowest BCUT2D eigenvalue weighted by Crippen LogP contribution is -3.00. The fraction of sp³-hybridized carbons (Fsp3) is 0.318. The molecular formula is C22H25IN2O2S. The zero-order valence-corrected chi connectivity index (χ0v) is 19.4. The monoisotopic (exact) mass is 508 g/mol. The SMILES string of the molecule is CCC(=CC1OC2=CC=CSC2=[N+]1CC)C=C1Oc2ccccc2N1CC.[I-]. The third kappa shape index (κ3) is 3.89. The number of para-hydroxylation sites is 2. The molecule has 0 amide bonds. The molecule has 0 saturated heterocycles. The van der Waals surface area contributed by atoms with Gasteiger partial charge in [-0.3, -0.25) is 0 Å². The van der Waals surface area contributed by atoms with Gasteiger partial charge in [0.25, 0.3) is 5.04 Å². The molecule has 0 fully saturated rings. The molecule has 28 heavy (non-hydrogen) atoms. The second kappa shape index (κ2) is 9.22. The van der Waals surface area contributed by atoms with Crippen molar-refractivity contribution < 1.29 is 38.0 Å². The van der Waals surface area contributed by atoms with Crippen molar-refractivity contribution in [2.24, 2.45) is 0 Å². The number of rotatable bonds is 5. The molecule has 0 N–H and O–H groups in total. The van der Waals surface area contributed by atoms with Gasteiger partial charge in [0, 0.05) is 18.7 Å². The molecule has 0 spiro atoms. The van der Waals surface area contributed by atoms with Gasteiger partial charge in [0.2, 0.25) is 11.6 Å². The highest BCUT2D eigenvalue weighted by atomic mass is 127. The highest BCUT2D eigenvalue weighted by Crippen LogP contribution is 2.39. The number of hydrogen-bond donors (Lipinski definition) is 0. The Hall–Kier alpha value is -1.67. The minimum absolute atomic E-state index is 0. The molecule has 0 aromatic heterocycles. The van der Waals surface area contributed by atoms with Crippen LogP contribution in [-0.2, 0) is 4.74 Å². The quantitative estimate of drug-likeness (QED) is 0.449. The maximum Gasteiger partial charge on any atom is 0.318 e. The molecule has 1 atom stereocenters. The van der Waals surface area contributed by atoms with Gasteiger partial charge in [0.15, 0.2) is 5.75 Å². The highest BCUT2D eigenvalue weighted by Gasteiger charge is 2.37. The van der Waals surface area contributed by atoms with E-state index in [-0.39, 0.29) is 30.2 Å². The molecule has 0 bridgehead atoms. The van der Waals surface area contributed by atoms with Crippen molar-refractivity contribution in [2.45, 2.75) is 33.4 Å². The Kier molecular flexibility index (Phi) is 6.93. The molecule has 0 aliphatic carbocycles. The lowest BCUT2D eigenvalue weighted by molar-refractivity contribution is -0.576. The number of ether oxygens (including phenoxy) is 2. The summed E-state index contributed by atoms with van der Waals surface area (Å²) in [7, 11) is 0. The van der Waals surface area contributed by atoms with Crippen molar-refractivity contribution in [3.8, 4) is 5.75 Å². The van der Waals surface area contributed by atoms with Crippen LogP contribution < -0.4 is 33.6 Å². The molecule has 148 valence electrons. The minimum atomic E-state index is -0.0747. The number of allylic oxidation sites excluding steroid dienone is 4. The molecule has 4 nitrogen and oxygen atoms in total. The first kappa shape index (κ1) is 21.0. The van der Waals surface area contributed by atoms with Crippen LogP contribution in [0.1, 0.15) is 27.2 Å². The van der Waals surface area contributed by atoms with Crippen molar-refractivity contribution in [3.63, 3.8) is 0 Å². The predicted octanol–water partition coefficient (Wildman–Crippen LogP) is 2.02. The van der Waals surface area contributed by atoms with Gasteiger partial charge in [0.05, 0.1) is 5.69 Å². The van der Waals surface area contributed by atoms with Gasteiger partial charge in [-0.1, -0.05) is 25.1 Å². The zero-order valence-electron chi connectivity index (χ0n) is 16.4. The Balaban J connectivity index is 0.00000225. The van der Waals surface area contributed by atoms with Crippen LogP contribution in [0, 0.1) is 0 Å². The first-order valence-corrected chi connectivity index (χ1v) is 10.4. The summed E-state index contributed by atoms with van der Waals surface area (Å²) >= 11 is 1.72. The third-order valence-electron chi connectivity index (χ3n) is 4.90. The molecule has 4 rings (SSSR count). The maximum atomic E-state index is 6.20. The number of benzene rings is 1. The van der Waals surface area contributed by atoms with E-state index in [1.807, 2.05) is 30.4 Å². The summed E-state index contributed by atoms with van der Waals surface area (Å²) in [5, 5.41) is 3.30. The van der Waals surface area contributed by atoms with Crippen LogP contribution in [0.25, 0.3) is 0 Å². The number of thioether (sulfide) groups is 1. The largest absolute Gasteiger partial charge is 1.00 e. The van der Waals surface area contributed by atoms with Crippen molar-refractivity contribution in [1.29, 1.82) is 0 Å². The molecular weight excluding hydrogens is 483 g/mol.